The average Bonchev–Trinajstić information content (AvgIpc) is 3.20. The van der Waals surface area contributed by atoms with Crippen molar-refractivity contribution in [3.05, 3.63) is 36.2 Å². The van der Waals surface area contributed by atoms with Gasteiger partial charge in [-0.3, -0.25) is 10.4 Å². The highest BCUT2D eigenvalue weighted by atomic mass is 32.2. The summed E-state index contributed by atoms with van der Waals surface area (Å²) in [6.07, 6.45) is 9.41. The average molecular weight is 383 g/mol. The molecule has 2 aromatic heterocycles. The van der Waals surface area contributed by atoms with Gasteiger partial charge in [0.25, 0.3) is 0 Å². The first-order chi connectivity index (χ1) is 13.1. The summed E-state index contributed by atoms with van der Waals surface area (Å²) in [5, 5.41) is 18.6. The standard InChI is InChI=1S/C19H23N7S/c1-23-10-14(9-20)13-8-16-15(24-11-13)6-7-17(25-16)26-19(22)27-18(21)12-4-2-3-5-12/h6-12,20-21,23H,2-5H2,1H3,(H2,22,25,26)/p+1/b14-10+,20-9?,21-18?. The SMILES string of the molecule is C[NH2+]/C=C(\C=N)c1cnc2ccc(N=C(N)SC(=N)C3CCCC3)nc2c1. The normalized spacial score (nSPS) is 16.0. The first-order valence-electron chi connectivity index (χ1n) is 8.98. The van der Waals surface area contributed by atoms with E-state index in [1.807, 2.05) is 30.7 Å². The van der Waals surface area contributed by atoms with Crippen LogP contribution in [0.2, 0.25) is 0 Å². The van der Waals surface area contributed by atoms with Crippen LogP contribution in [0.5, 0.6) is 0 Å². The molecule has 2 heterocycles. The molecule has 0 bridgehead atoms. The molecular weight excluding hydrogens is 358 g/mol. The number of hydrogen-bond acceptors (Lipinski definition) is 6. The second-order valence-corrected chi connectivity index (χ2v) is 7.49. The fourth-order valence-electron chi connectivity index (χ4n) is 3.14. The second kappa shape index (κ2) is 8.88. The molecule has 3 rings (SSSR count). The third kappa shape index (κ3) is 4.78. The van der Waals surface area contributed by atoms with Gasteiger partial charge in [0, 0.05) is 23.9 Å². The predicted octanol–water partition coefficient (Wildman–Crippen LogP) is 2.66. The summed E-state index contributed by atoms with van der Waals surface area (Å²) < 4.78 is 0. The first-order valence-corrected chi connectivity index (χ1v) is 9.80. The highest BCUT2D eigenvalue weighted by Crippen LogP contribution is 2.30. The maximum atomic E-state index is 8.19. The molecular formula is C19H24N7S+. The summed E-state index contributed by atoms with van der Waals surface area (Å²) in [6.45, 7) is 0. The van der Waals surface area contributed by atoms with Crippen molar-refractivity contribution in [1.29, 1.82) is 10.8 Å². The Labute approximate surface area is 162 Å². The van der Waals surface area contributed by atoms with Crippen LogP contribution < -0.4 is 11.1 Å². The molecule has 27 heavy (non-hydrogen) atoms. The molecule has 1 aliphatic rings. The van der Waals surface area contributed by atoms with Crippen molar-refractivity contribution in [3.8, 4) is 0 Å². The largest absolute Gasteiger partial charge is 0.378 e. The van der Waals surface area contributed by atoms with Gasteiger partial charge in [-0.1, -0.05) is 12.8 Å². The number of quaternary nitrogens is 1. The van der Waals surface area contributed by atoms with Crippen molar-refractivity contribution in [3.63, 3.8) is 0 Å². The predicted molar refractivity (Wildman–Crippen MR) is 113 cm³/mol. The fraction of sp³-hybridized carbons (Fsp3) is 0.316. The van der Waals surface area contributed by atoms with Crippen LogP contribution in [-0.2, 0) is 0 Å². The van der Waals surface area contributed by atoms with Gasteiger partial charge < -0.3 is 16.5 Å². The molecule has 0 atom stereocenters. The minimum Gasteiger partial charge on any atom is -0.378 e. The van der Waals surface area contributed by atoms with Crippen molar-refractivity contribution in [2.75, 3.05) is 7.05 Å². The van der Waals surface area contributed by atoms with Gasteiger partial charge in [-0.05, 0) is 42.8 Å². The number of hydrogen-bond donors (Lipinski definition) is 4. The Bertz CT molecular complexity index is 913. The highest BCUT2D eigenvalue weighted by molar-refractivity contribution is 8.26. The van der Waals surface area contributed by atoms with Crippen LogP contribution in [0.4, 0.5) is 5.82 Å². The van der Waals surface area contributed by atoms with E-state index in [1.165, 1.54) is 30.8 Å². The Balaban J connectivity index is 1.83. The molecule has 0 amide bonds. The minimum atomic E-state index is 0.321. The zero-order valence-corrected chi connectivity index (χ0v) is 16.1. The van der Waals surface area contributed by atoms with Crippen molar-refractivity contribution < 1.29 is 5.32 Å². The second-order valence-electron chi connectivity index (χ2n) is 6.43. The van der Waals surface area contributed by atoms with E-state index < -0.39 is 0 Å². The summed E-state index contributed by atoms with van der Waals surface area (Å²) in [5.74, 6) is 0.815. The number of aromatic nitrogens is 2. The Morgan fingerprint density at radius 2 is 2.11 bits per heavy atom. The number of nitrogens with zero attached hydrogens (tertiary/aromatic N) is 3. The van der Waals surface area contributed by atoms with Crippen LogP contribution >= 0.6 is 11.8 Å². The number of nitrogens with two attached hydrogens (primary N) is 2. The third-order valence-electron chi connectivity index (χ3n) is 4.52. The number of pyridine rings is 2. The van der Waals surface area contributed by atoms with Crippen LogP contribution in [0.25, 0.3) is 16.6 Å². The number of fused-ring (bicyclic) bond motifs is 1. The van der Waals surface area contributed by atoms with Gasteiger partial charge >= 0.3 is 0 Å². The molecule has 0 aliphatic heterocycles. The number of rotatable bonds is 5. The number of thioether (sulfide) groups is 1. The molecule has 2 aromatic rings. The van der Waals surface area contributed by atoms with E-state index in [-0.39, 0.29) is 0 Å². The van der Waals surface area contributed by atoms with Gasteiger partial charge in [0.05, 0.1) is 28.7 Å². The lowest BCUT2D eigenvalue weighted by molar-refractivity contribution is -0.555. The lowest BCUT2D eigenvalue weighted by atomic mass is 10.1. The summed E-state index contributed by atoms with van der Waals surface area (Å²) in [4.78, 5) is 13.3. The van der Waals surface area contributed by atoms with Crippen LogP contribution in [0, 0.1) is 16.7 Å². The van der Waals surface area contributed by atoms with Gasteiger partial charge in [-0.25, -0.2) is 9.98 Å². The van der Waals surface area contributed by atoms with E-state index in [9.17, 15) is 0 Å². The molecule has 0 radical (unpaired) electrons. The van der Waals surface area contributed by atoms with Crippen molar-refractivity contribution in [2.45, 2.75) is 25.7 Å². The summed E-state index contributed by atoms with van der Waals surface area (Å²) >= 11 is 1.23. The molecule has 0 unspecified atom stereocenters. The molecule has 1 saturated carbocycles. The van der Waals surface area contributed by atoms with E-state index >= 15 is 0 Å². The zero-order chi connectivity index (χ0) is 19.2. The van der Waals surface area contributed by atoms with Gasteiger partial charge in [0.2, 0.25) is 0 Å². The minimum absolute atomic E-state index is 0.321. The van der Waals surface area contributed by atoms with Crippen LogP contribution in [0.1, 0.15) is 31.2 Å². The Morgan fingerprint density at radius 3 is 2.81 bits per heavy atom. The van der Waals surface area contributed by atoms with Gasteiger partial charge in [-0.2, -0.15) is 0 Å². The molecule has 7 nitrogen and oxygen atoms in total. The van der Waals surface area contributed by atoms with Crippen LogP contribution in [0.15, 0.2) is 35.6 Å². The molecule has 1 fully saturated rings. The van der Waals surface area contributed by atoms with Gasteiger partial charge in [0.15, 0.2) is 11.0 Å². The van der Waals surface area contributed by atoms with E-state index in [0.29, 0.717) is 27.5 Å². The van der Waals surface area contributed by atoms with Crippen molar-refractivity contribution in [1.82, 2.24) is 9.97 Å². The molecule has 0 aromatic carbocycles. The Morgan fingerprint density at radius 1 is 1.33 bits per heavy atom. The summed E-state index contributed by atoms with van der Waals surface area (Å²) in [7, 11) is 1.91. The van der Waals surface area contributed by atoms with E-state index in [4.69, 9.17) is 16.6 Å². The van der Waals surface area contributed by atoms with Gasteiger partial charge in [0.1, 0.15) is 6.20 Å². The topological polar surface area (TPSA) is 128 Å². The highest BCUT2D eigenvalue weighted by Gasteiger charge is 2.21. The maximum Gasteiger partial charge on any atom is 0.166 e. The van der Waals surface area contributed by atoms with Crippen LogP contribution in [0.3, 0.4) is 0 Å². The quantitative estimate of drug-likeness (QED) is 0.468. The van der Waals surface area contributed by atoms with Gasteiger partial charge in [-0.15, -0.1) is 0 Å². The first kappa shape index (κ1) is 19.2. The Hall–Kier alpha value is -2.58. The number of aliphatic imine (C=N–C) groups is 1. The number of nitrogens with one attached hydrogen (secondary N) is 2. The van der Waals surface area contributed by atoms with E-state index in [0.717, 1.165) is 29.5 Å². The Kier molecular flexibility index (Phi) is 6.31. The van der Waals surface area contributed by atoms with E-state index in [1.54, 1.807) is 12.3 Å². The monoisotopic (exact) mass is 382 g/mol. The molecule has 0 spiro atoms. The molecule has 1 aliphatic carbocycles. The number of allylic oxidation sites excluding steroid dienone is 1. The molecule has 8 heteroatoms. The molecule has 0 saturated heterocycles. The molecule has 140 valence electrons. The lowest BCUT2D eigenvalue weighted by Gasteiger charge is -2.09. The fourth-order valence-corrected chi connectivity index (χ4v) is 3.91. The lowest BCUT2D eigenvalue weighted by Crippen LogP contribution is -2.72. The summed E-state index contributed by atoms with van der Waals surface area (Å²) in [5.41, 5.74) is 9.08. The molecule has 6 N–H and O–H groups in total. The van der Waals surface area contributed by atoms with Crippen LogP contribution in [-0.4, -0.2) is 33.4 Å². The van der Waals surface area contributed by atoms with E-state index in [2.05, 4.69) is 15.0 Å². The smallest absolute Gasteiger partial charge is 0.166 e. The zero-order valence-electron chi connectivity index (χ0n) is 15.3. The maximum absolute atomic E-state index is 8.19. The number of amidine groups is 1. The third-order valence-corrected chi connectivity index (χ3v) is 5.38. The van der Waals surface area contributed by atoms with Crippen molar-refractivity contribution in [2.24, 2.45) is 16.6 Å². The van der Waals surface area contributed by atoms with Crippen molar-refractivity contribution >= 4 is 50.6 Å². The summed E-state index contributed by atoms with van der Waals surface area (Å²) in [6, 6.07) is 5.52.